The molecular formula is C16H23NO2. The molecule has 1 atom stereocenters. The first-order valence-electron chi connectivity index (χ1n) is 6.87. The zero-order chi connectivity index (χ0) is 14.0. The van der Waals surface area contributed by atoms with Gasteiger partial charge in [-0.3, -0.25) is 4.79 Å². The third-order valence-corrected chi connectivity index (χ3v) is 3.54. The summed E-state index contributed by atoms with van der Waals surface area (Å²) in [4.78, 5) is 12.2. The summed E-state index contributed by atoms with van der Waals surface area (Å²) >= 11 is 0. The number of ether oxygens (including phenoxy) is 1. The number of amides is 1. The number of rotatable bonds is 4. The Morgan fingerprint density at radius 2 is 1.84 bits per heavy atom. The van der Waals surface area contributed by atoms with E-state index in [2.05, 4.69) is 5.32 Å². The highest BCUT2D eigenvalue weighted by Gasteiger charge is 2.35. The molecule has 19 heavy (non-hydrogen) atoms. The van der Waals surface area contributed by atoms with Crippen molar-refractivity contribution in [3.63, 3.8) is 0 Å². The Morgan fingerprint density at radius 3 is 2.26 bits per heavy atom. The molecule has 1 aromatic rings. The van der Waals surface area contributed by atoms with E-state index in [1.165, 1.54) is 18.4 Å². The quantitative estimate of drug-likeness (QED) is 0.903. The summed E-state index contributed by atoms with van der Waals surface area (Å²) in [7, 11) is 1.66. The van der Waals surface area contributed by atoms with Gasteiger partial charge in [-0.1, -0.05) is 32.9 Å². The van der Waals surface area contributed by atoms with Crippen LogP contribution >= 0.6 is 0 Å². The molecule has 1 amide bonds. The van der Waals surface area contributed by atoms with Gasteiger partial charge in [-0.25, -0.2) is 0 Å². The molecule has 3 nitrogen and oxygen atoms in total. The first-order valence-corrected chi connectivity index (χ1v) is 6.87. The fourth-order valence-electron chi connectivity index (χ4n) is 2.07. The summed E-state index contributed by atoms with van der Waals surface area (Å²) < 4.78 is 5.17. The van der Waals surface area contributed by atoms with Crippen LogP contribution in [-0.2, 0) is 4.79 Å². The molecule has 1 unspecified atom stereocenters. The molecule has 2 rings (SSSR count). The normalized spacial score (nSPS) is 16.8. The van der Waals surface area contributed by atoms with Crippen molar-refractivity contribution in [2.75, 3.05) is 7.11 Å². The number of hydrogen-bond donors (Lipinski definition) is 1. The van der Waals surface area contributed by atoms with Crippen molar-refractivity contribution in [3.8, 4) is 5.75 Å². The van der Waals surface area contributed by atoms with Crippen molar-refractivity contribution >= 4 is 5.91 Å². The minimum absolute atomic E-state index is 0.111. The first kappa shape index (κ1) is 13.9. The summed E-state index contributed by atoms with van der Waals surface area (Å²) in [5, 5.41) is 3.19. The lowest BCUT2D eigenvalue weighted by Crippen LogP contribution is -2.38. The fourth-order valence-corrected chi connectivity index (χ4v) is 2.07. The maximum absolute atomic E-state index is 12.2. The third kappa shape index (κ3) is 3.49. The molecule has 0 aromatic heterocycles. The first-order chi connectivity index (χ1) is 8.91. The van der Waals surface area contributed by atoms with Gasteiger partial charge in [-0.05, 0) is 36.5 Å². The second-order valence-corrected chi connectivity index (χ2v) is 6.31. The topological polar surface area (TPSA) is 38.3 Å². The summed E-state index contributed by atoms with van der Waals surface area (Å²) in [6, 6.07) is 8.13. The van der Waals surface area contributed by atoms with E-state index in [9.17, 15) is 4.79 Å². The summed E-state index contributed by atoms with van der Waals surface area (Å²) in [6.07, 6.45) is 2.39. The van der Waals surface area contributed by atoms with Crippen LogP contribution in [-0.4, -0.2) is 13.0 Å². The van der Waals surface area contributed by atoms with Crippen molar-refractivity contribution < 1.29 is 9.53 Å². The van der Waals surface area contributed by atoms with E-state index in [0.717, 1.165) is 5.75 Å². The maximum atomic E-state index is 12.2. The molecule has 0 bridgehead atoms. The van der Waals surface area contributed by atoms with Crippen LogP contribution in [0.4, 0.5) is 0 Å². The van der Waals surface area contributed by atoms with E-state index >= 15 is 0 Å². The van der Waals surface area contributed by atoms with Gasteiger partial charge in [0.15, 0.2) is 0 Å². The van der Waals surface area contributed by atoms with Crippen LogP contribution in [0.25, 0.3) is 0 Å². The van der Waals surface area contributed by atoms with Crippen LogP contribution in [0, 0.1) is 11.3 Å². The lowest BCUT2D eigenvalue weighted by molar-refractivity contribution is -0.129. The zero-order valence-electron chi connectivity index (χ0n) is 12.2. The molecule has 0 heterocycles. The Labute approximate surface area is 115 Å². The Morgan fingerprint density at radius 1 is 1.26 bits per heavy atom. The van der Waals surface area contributed by atoms with Crippen LogP contribution < -0.4 is 10.1 Å². The maximum Gasteiger partial charge on any atom is 0.225 e. The monoisotopic (exact) mass is 261 g/mol. The second-order valence-electron chi connectivity index (χ2n) is 6.31. The minimum Gasteiger partial charge on any atom is -0.497 e. The second kappa shape index (κ2) is 5.24. The molecular weight excluding hydrogens is 238 g/mol. The highest BCUT2D eigenvalue weighted by Crippen LogP contribution is 2.41. The number of hydrogen-bond acceptors (Lipinski definition) is 2. The highest BCUT2D eigenvalue weighted by atomic mass is 16.5. The van der Waals surface area contributed by atoms with Gasteiger partial charge < -0.3 is 10.1 Å². The van der Waals surface area contributed by atoms with Gasteiger partial charge in [-0.15, -0.1) is 0 Å². The Balaban J connectivity index is 2.13. The molecule has 1 aliphatic carbocycles. The number of benzene rings is 1. The molecule has 1 saturated carbocycles. The van der Waals surface area contributed by atoms with Gasteiger partial charge in [0.2, 0.25) is 5.91 Å². The van der Waals surface area contributed by atoms with E-state index in [1.807, 2.05) is 45.0 Å². The standard InChI is InChI=1S/C16H23NO2/c1-16(2,3)15(18)17-14(11-5-6-11)12-7-9-13(19-4)10-8-12/h7-11,14H,5-6H2,1-4H3,(H,17,18). The molecule has 1 aromatic carbocycles. The van der Waals surface area contributed by atoms with Crippen molar-refractivity contribution in [2.24, 2.45) is 11.3 Å². The van der Waals surface area contributed by atoms with Crippen LogP contribution in [0.5, 0.6) is 5.75 Å². The van der Waals surface area contributed by atoms with Crippen molar-refractivity contribution in [2.45, 2.75) is 39.7 Å². The highest BCUT2D eigenvalue weighted by molar-refractivity contribution is 5.81. The Bertz CT molecular complexity index is 441. The van der Waals surface area contributed by atoms with Crippen LogP contribution in [0.1, 0.15) is 45.2 Å². The van der Waals surface area contributed by atoms with Crippen molar-refractivity contribution in [1.29, 1.82) is 0 Å². The molecule has 0 saturated heterocycles. The Kier molecular flexibility index (Phi) is 3.83. The number of carbonyl (C=O) groups excluding carboxylic acids is 1. The Hall–Kier alpha value is -1.51. The van der Waals surface area contributed by atoms with Gasteiger partial charge in [0.25, 0.3) is 0 Å². The van der Waals surface area contributed by atoms with E-state index < -0.39 is 0 Å². The smallest absolute Gasteiger partial charge is 0.225 e. The predicted octanol–water partition coefficient (Wildman–Crippen LogP) is 3.31. The van der Waals surface area contributed by atoms with E-state index in [4.69, 9.17) is 4.74 Å². The van der Waals surface area contributed by atoms with Gasteiger partial charge >= 0.3 is 0 Å². The number of carbonyl (C=O) groups is 1. The van der Waals surface area contributed by atoms with Gasteiger partial charge in [0, 0.05) is 5.41 Å². The summed E-state index contributed by atoms with van der Waals surface area (Å²) in [5.74, 6) is 1.54. The predicted molar refractivity (Wildman–Crippen MR) is 76.1 cm³/mol. The molecule has 1 aliphatic rings. The number of nitrogens with one attached hydrogen (secondary N) is 1. The zero-order valence-corrected chi connectivity index (χ0v) is 12.2. The van der Waals surface area contributed by atoms with Crippen LogP contribution in [0.15, 0.2) is 24.3 Å². The minimum atomic E-state index is -0.348. The van der Waals surface area contributed by atoms with Gasteiger partial charge in [0.05, 0.1) is 13.2 Å². The summed E-state index contributed by atoms with van der Waals surface area (Å²) in [5.41, 5.74) is 0.820. The molecule has 104 valence electrons. The van der Waals surface area contributed by atoms with E-state index in [1.54, 1.807) is 7.11 Å². The lowest BCUT2D eigenvalue weighted by atomic mass is 9.93. The van der Waals surface area contributed by atoms with Gasteiger partial charge in [-0.2, -0.15) is 0 Å². The lowest BCUT2D eigenvalue weighted by Gasteiger charge is -2.24. The molecule has 3 heteroatoms. The largest absolute Gasteiger partial charge is 0.497 e. The molecule has 1 fully saturated rings. The average Bonchev–Trinajstić information content (AvgIpc) is 3.19. The summed E-state index contributed by atoms with van der Waals surface area (Å²) in [6.45, 7) is 5.83. The van der Waals surface area contributed by atoms with E-state index in [-0.39, 0.29) is 17.4 Å². The molecule has 0 radical (unpaired) electrons. The third-order valence-electron chi connectivity index (χ3n) is 3.54. The molecule has 1 N–H and O–H groups in total. The van der Waals surface area contributed by atoms with Crippen LogP contribution in [0.3, 0.4) is 0 Å². The molecule has 0 aliphatic heterocycles. The van der Waals surface area contributed by atoms with Crippen molar-refractivity contribution in [3.05, 3.63) is 29.8 Å². The average molecular weight is 261 g/mol. The number of methoxy groups -OCH3 is 1. The fraction of sp³-hybridized carbons (Fsp3) is 0.562. The van der Waals surface area contributed by atoms with Gasteiger partial charge in [0.1, 0.15) is 5.75 Å². The SMILES string of the molecule is COc1ccc(C(NC(=O)C(C)(C)C)C2CC2)cc1. The van der Waals surface area contributed by atoms with Crippen molar-refractivity contribution in [1.82, 2.24) is 5.32 Å². The van der Waals surface area contributed by atoms with Crippen LogP contribution in [0.2, 0.25) is 0 Å². The van der Waals surface area contributed by atoms with E-state index in [0.29, 0.717) is 5.92 Å². The molecule has 0 spiro atoms.